The van der Waals surface area contributed by atoms with Crippen LogP contribution in [0.25, 0.3) is 0 Å². The summed E-state index contributed by atoms with van der Waals surface area (Å²) < 4.78 is 10.9. The summed E-state index contributed by atoms with van der Waals surface area (Å²) in [6, 6.07) is 3.57. The Bertz CT molecular complexity index is 453. The largest absolute Gasteiger partial charge is 0.378 e. The Labute approximate surface area is 119 Å². The second-order valence-corrected chi connectivity index (χ2v) is 5.17. The molecule has 1 N–H and O–H groups in total. The Morgan fingerprint density at radius 2 is 2.35 bits per heavy atom. The monoisotopic (exact) mass is 279 g/mol. The van der Waals surface area contributed by atoms with Gasteiger partial charge < -0.3 is 19.7 Å². The van der Waals surface area contributed by atoms with Crippen molar-refractivity contribution in [2.45, 2.75) is 12.0 Å². The standard InChI is InChI=1S/C14H21N3O3/c1-17(2)13(18)11-4-5-12(15-8-11)16-9-14(19-3)6-7-20-10-14/h4-5,8H,6-7,9-10H2,1-3H3,(H,15,16). The number of rotatable bonds is 5. The van der Waals surface area contributed by atoms with Crippen molar-refractivity contribution in [3.8, 4) is 0 Å². The zero-order chi connectivity index (χ0) is 14.6. The molecule has 1 atom stereocenters. The first-order valence-corrected chi connectivity index (χ1v) is 6.61. The fraction of sp³-hybridized carbons (Fsp3) is 0.571. The van der Waals surface area contributed by atoms with E-state index in [9.17, 15) is 4.79 Å². The number of anilines is 1. The van der Waals surface area contributed by atoms with Crippen molar-refractivity contribution in [1.82, 2.24) is 9.88 Å². The molecule has 1 unspecified atom stereocenters. The summed E-state index contributed by atoms with van der Waals surface area (Å²) in [5.74, 6) is 0.672. The maximum absolute atomic E-state index is 11.7. The molecule has 2 rings (SSSR count). The molecular formula is C14H21N3O3. The summed E-state index contributed by atoms with van der Waals surface area (Å²) in [7, 11) is 5.14. The van der Waals surface area contributed by atoms with Gasteiger partial charge in [0.2, 0.25) is 0 Å². The minimum absolute atomic E-state index is 0.0541. The van der Waals surface area contributed by atoms with Crippen LogP contribution in [0.15, 0.2) is 18.3 Å². The van der Waals surface area contributed by atoms with Crippen molar-refractivity contribution >= 4 is 11.7 Å². The number of hydrogen-bond donors (Lipinski definition) is 1. The Kier molecular flexibility index (Phi) is 4.57. The lowest BCUT2D eigenvalue weighted by Crippen LogP contribution is -2.39. The van der Waals surface area contributed by atoms with E-state index in [1.54, 1.807) is 39.5 Å². The van der Waals surface area contributed by atoms with Crippen molar-refractivity contribution in [1.29, 1.82) is 0 Å². The van der Waals surface area contributed by atoms with Crippen molar-refractivity contribution < 1.29 is 14.3 Å². The molecule has 0 spiro atoms. The molecule has 6 nitrogen and oxygen atoms in total. The molecule has 110 valence electrons. The highest BCUT2D eigenvalue weighted by Crippen LogP contribution is 2.22. The van der Waals surface area contributed by atoms with E-state index in [0.29, 0.717) is 18.7 Å². The number of nitrogens with zero attached hydrogens (tertiary/aromatic N) is 2. The van der Waals surface area contributed by atoms with Gasteiger partial charge in [-0.25, -0.2) is 4.98 Å². The van der Waals surface area contributed by atoms with E-state index in [4.69, 9.17) is 9.47 Å². The predicted octanol–water partition coefficient (Wildman–Crippen LogP) is 1.00. The Morgan fingerprint density at radius 1 is 1.55 bits per heavy atom. The van der Waals surface area contributed by atoms with Crippen LogP contribution in [0.3, 0.4) is 0 Å². The van der Waals surface area contributed by atoms with Crippen molar-refractivity contribution in [2.24, 2.45) is 0 Å². The second-order valence-electron chi connectivity index (χ2n) is 5.17. The summed E-state index contributed by atoms with van der Waals surface area (Å²) in [6.07, 6.45) is 2.45. The van der Waals surface area contributed by atoms with Crippen molar-refractivity contribution in [3.05, 3.63) is 23.9 Å². The van der Waals surface area contributed by atoms with Crippen LogP contribution >= 0.6 is 0 Å². The van der Waals surface area contributed by atoms with Crippen LogP contribution in [0.4, 0.5) is 5.82 Å². The molecule has 6 heteroatoms. The van der Waals surface area contributed by atoms with Crippen molar-refractivity contribution in [3.63, 3.8) is 0 Å². The molecule has 2 heterocycles. The summed E-state index contributed by atoms with van der Waals surface area (Å²) >= 11 is 0. The van der Waals surface area contributed by atoms with Crippen molar-refractivity contribution in [2.75, 3.05) is 46.3 Å². The molecule has 1 aliphatic rings. The third-order valence-corrected chi connectivity index (χ3v) is 3.51. The first kappa shape index (κ1) is 14.7. The van der Waals surface area contributed by atoms with Gasteiger partial charge in [-0.3, -0.25) is 4.79 Å². The molecule has 0 saturated carbocycles. The van der Waals surface area contributed by atoms with Crippen LogP contribution in [-0.2, 0) is 9.47 Å². The highest BCUT2D eigenvalue weighted by molar-refractivity contribution is 5.93. The normalized spacial score (nSPS) is 21.8. The molecule has 0 aromatic carbocycles. The van der Waals surface area contributed by atoms with Gasteiger partial charge >= 0.3 is 0 Å². The molecule has 20 heavy (non-hydrogen) atoms. The van der Waals surface area contributed by atoms with Crippen LogP contribution in [0, 0.1) is 0 Å². The Balaban J connectivity index is 1.95. The second kappa shape index (κ2) is 6.19. The number of aromatic nitrogens is 1. The van der Waals surface area contributed by atoms with E-state index >= 15 is 0 Å². The van der Waals surface area contributed by atoms with Gasteiger partial charge in [-0.1, -0.05) is 0 Å². The summed E-state index contributed by atoms with van der Waals surface area (Å²) in [5, 5.41) is 3.23. The van der Waals surface area contributed by atoms with Crippen LogP contribution in [-0.4, -0.2) is 62.4 Å². The van der Waals surface area contributed by atoms with Gasteiger partial charge in [-0.05, 0) is 12.1 Å². The number of nitrogens with one attached hydrogen (secondary N) is 1. The summed E-state index contributed by atoms with van der Waals surface area (Å²) in [5.41, 5.74) is 0.297. The molecule has 0 radical (unpaired) electrons. The van der Waals surface area contributed by atoms with Crippen LogP contribution in [0.1, 0.15) is 16.8 Å². The quantitative estimate of drug-likeness (QED) is 0.871. The molecule has 0 bridgehead atoms. The predicted molar refractivity (Wildman–Crippen MR) is 75.9 cm³/mol. The van der Waals surface area contributed by atoms with E-state index in [2.05, 4.69) is 10.3 Å². The van der Waals surface area contributed by atoms with Gasteiger partial charge in [-0.2, -0.15) is 0 Å². The van der Waals surface area contributed by atoms with Gasteiger partial charge in [0.05, 0.1) is 12.2 Å². The number of ether oxygens (including phenoxy) is 2. The van der Waals surface area contributed by atoms with E-state index in [1.807, 2.05) is 0 Å². The number of hydrogen-bond acceptors (Lipinski definition) is 5. The molecule has 1 aromatic rings. The highest BCUT2D eigenvalue weighted by Gasteiger charge is 2.34. The van der Waals surface area contributed by atoms with Crippen LogP contribution in [0.5, 0.6) is 0 Å². The number of carbonyl (C=O) groups excluding carboxylic acids is 1. The molecule has 1 aliphatic heterocycles. The lowest BCUT2D eigenvalue weighted by atomic mass is 10.0. The van der Waals surface area contributed by atoms with Gasteiger partial charge in [0.15, 0.2) is 0 Å². The fourth-order valence-corrected chi connectivity index (χ4v) is 2.10. The number of carbonyl (C=O) groups is 1. The van der Waals surface area contributed by atoms with Crippen LogP contribution < -0.4 is 5.32 Å². The fourth-order valence-electron chi connectivity index (χ4n) is 2.10. The van der Waals surface area contributed by atoms with E-state index < -0.39 is 0 Å². The Morgan fingerprint density at radius 3 is 2.85 bits per heavy atom. The Hall–Kier alpha value is -1.66. The molecule has 1 fully saturated rings. The zero-order valence-electron chi connectivity index (χ0n) is 12.2. The number of pyridine rings is 1. The minimum Gasteiger partial charge on any atom is -0.378 e. The lowest BCUT2D eigenvalue weighted by molar-refractivity contribution is -0.00625. The first-order chi connectivity index (χ1) is 9.56. The van der Waals surface area contributed by atoms with Gasteiger partial charge in [0.25, 0.3) is 5.91 Å². The molecule has 1 saturated heterocycles. The van der Waals surface area contributed by atoms with Crippen LogP contribution in [0.2, 0.25) is 0 Å². The van der Waals surface area contributed by atoms with Gasteiger partial charge in [0.1, 0.15) is 11.4 Å². The maximum Gasteiger partial charge on any atom is 0.254 e. The maximum atomic E-state index is 11.7. The number of methoxy groups -OCH3 is 1. The molecule has 1 amide bonds. The molecule has 1 aromatic heterocycles. The smallest absolute Gasteiger partial charge is 0.254 e. The topological polar surface area (TPSA) is 63.7 Å². The first-order valence-electron chi connectivity index (χ1n) is 6.61. The van der Waals surface area contributed by atoms with E-state index in [0.717, 1.165) is 18.8 Å². The SMILES string of the molecule is COC1(CNc2ccc(C(=O)N(C)C)cn2)CCOC1. The third kappa shape index (κ3) is 3.26. The molecular weight excluding hydrogens is 258 g/mol. The number of amides is 1. The highest BCUT2D eigenvalue weighted by atomic mass is 16.5. The third-order valence-electron chi connectivity index (χ3n) is 3.51. The average molecular weight is 279 g/mol. The lowest BCUT2D eigenvalue weighted by Gasteiger charge is -2.26. The van der Waals surface area contributed by atoms with E-state index in [1.165, 1.54) is 4.90 Å². The zero-order valence-corrected chi connectivity index (χ0v) is 12.2. The van der Waals surface area contributed by atoms with Gasteiger partial charge in [-0.15, -0.1) is 0 Å². The average Bonchev–Trinajstić information content (AvgIpc) is 2.94. The minimum atomic E-state index is -0.278. The van der Waals surface area contributed by atoms with E-state index in [-0.39, 0.29) is 11.5 Å². The van der Waals surface area contributed by atoms with Gasteiger partial charge in [0, 0.05) is 47.0 Å². The molecule has 0 aliphatic carbocycles. The summed E-state index contributed by atoms with van der Waals surface area (Å²) in [4.78, 5) is 17.5. The summed E-state index contributed by atoms with van der Waals surface area (Å²) in [6.45, 7) is 1.95.